The van der Waals surface area contributed by atoms with Gasteiger partial charge in [0.2, 0.25) is 0 Å². The van der Waals surface area contributed by atoms with Crippen molar-refractivity contribution in [1.82, 2.24) is 0 Å². The van der Waals surface area contributed by atoms with Gasteiger partial charge >= 0.3 is 7.12 Å². The lowest BCUT2D eigenvalue weighted by molar-refractivity contribution is 0.198. The number of fused-ring (bicyclic) bond motifs is 1. The molecule has 1 aromatic carbocycles. The summed E-state index contributed by atoms with van der Waals surface area (Å²) >= 11 is 0. The maximum absolute atomic E-state index is 9.53. The Morgan fingerprint density at radius 1 is 1.41 bits per heavy atom. The molecule has 0 amide bonds. The Kier molecular flexibility index (Phi) is 2.72. The van der Waals surface area contributed by atoms with E-state index in [1.165, 1.54) is 0 Å². The second-order valence-corrected chi connectivity index (χ2v) is 4.79. The molecule has 0 spiro atoms. The van der Waals surface area contributed by atoms with E-state index in [1.807, 2.05) is 6.07 Å². The maximum Gasteiger partial charge on any atom is 0.522 e. The SMILES string of the molecule is OB1CCc2ccc(N3CC[C@@H](O)C3)cc2O1. The molecular formula is C12H16BNO3. The van der Waals surface area contributed by atoms with E-state index in [-0.39, 0.29) is 6.10 Å². The monoisotopic (exact) mass is 233 g/mol. The minimum absolute atomic E-state index is 0.224. The van der Waals surface area contributed by atoms with E-state index in [9.17, 15) is 10.1 Å². The lowest BCUT2D eigenvalue weighted by atomic mass is 9.79. The Labute approximate surface area is 101 Å². The van der Waals surface area contributed by atoms with E-state index < -0.39 is 7.12 Å². The van der Waals surface area contributed by atoms with Gasteiger partial charge in [0.1, 0.15) is 5.75 Å². The Balaban J connectivity index is 1.85. The molecular weight excluding hydrogens is 217 g/mol. The highest BCUT2D eigenvalue weighted by Gasteiger charge is 2.25. The molecule has 17 heavy (non-hydrogen) atoms. The molecule has 1 aromatic rings. The van der Waals surface area contributed by atoms with Crippen LogP contribution in [0.4, 0.5) is 5.69 Å². The quantitative estimate of drug-likeness (QED) is 0.700. The lowest BCUT2D eigenvalue weighted by Gasteiger charge is -2.23. The molecule has 2 heterocycles. The fourth-order valence-electron chi connectivity index (χ4n) is 2.52. The molecule has 1 fully saturated rings. The Morgan fingerprint density at radius 2 is 2.29 bits per heavy atom. The van der Waals surface area contributed by atoms with Gasteiger partial charge in [-0.05, 0) is 30.8 Å². The van der Waals surface area contributed by atoms with Crippen LogP contribution in [0, 0.1) is 0 Å². The third-order valence-corrected chi connectivity index (χ3v) is 3.50. The van der Waals surface area contributed by atoms with Crippen LogP contribution in [0.25, 0.3) is 0 Å². The van der Waals surface area contributed by atoms with E-state index >= 15 is 0 Å². The van der Waals surface area contributed by atoms with Crippen LogP contribution >= 0.6 is 0 Å². The summed E-state index contributed by atoms with van der Waals surface area (Å²) in [7, 11) is -0.679. The zero-order valence-electron chi connectivity index (χ0n) is 9.67. The van der Waals surface area contributed by atoms with Gasteiger partial charge in [0, 0.05) is 24.8 Å². The van der Waals surface area contributed by atoms with Crippen molar-refractivity contribution in [2.24, 2.45) is 0 Å². The molecule has 3 rings (SSSR count). The Hall–Kier alpha value is -1.20. The average molecular weight is 233 g/mol. The van der Waals surface area contributed by atoms with Crippen LogP contribution in [-0.4, -0.2) is 36.4 Å². The van der Waals surface area contributed by atoms with Crippen LogP contribution in [0.5, 0.6) is 5.75 Å². The predicted octanol–water partition coefficient (Wildman–Crippen LogP) is 0.673. The van der Waals surface area contributed by atoms with Gasteiger partial charge < -0.3 is 19.7 Å². The third kappa shape index (κ3) is 2.12. The smallest absolute Gasteiger partial charge is 0.522 e. The minimum Gasteiger partial charge on any atom is -0.536 e. The van der Waals surface area contributed by atoms with Crippen molar-refractivity contribution < 1.29 is 14.8 Å². The molecule has 2 N–H and O–H groups in total. The van der Waals surface area contributed by atoms with Gasteiger partial charge in [-0.15, -0.1) is 0 Å². The number of rotatable bonds is 1. The highest BCUT2D eigenvalue weighted by molar-refractivity contribution is 6.44. The summed E-state index contributed by atoms with van der Waals surface area (Å²) in [6, 6.07) is 6.09. The number of anilines is 1. The van der Waals surface area contributed by atoms with Crippen LogP contribution in [0.15, 0.2) is 18.2 Å². The summed E-state index contributed by atoms with van der Waals surface area (Å²) < 4.78 is 5.43. The molecule has 4 nitrogen and oxygen atoms in total. The summed E-state index contributed by atoms with van der Waals surface area (Å²) in [4.78, 5) is 2.15. The highest BCUT2D eigenvalue weighted by Crippen LogP contribution is 2.32. The van der Waals surface area contributed by atoms with E-state index in [0.717, 1.165) is 36.4 Å². The topological polar surface area (TPSA) is 52.9 Å². The Bertz CT molecular complexity index is 426. The molecule has 0 radical (unpaired) electrons. The van der Waals surface area contributed by atoms with Crippen LogP contribution in [0.3, 0.4) is 0 Å². The standard InChI is InChI=1S/C12H16BNO3/c15-11-4-6-14(8-11)10-2-1-9-3-5-13(16)17-12(9)7-10/h1-2,7,11,15-16H,3-6,8H2/t11-/m1/s1. The van der Waals surface area contributed by atoms with Gasteiger partial charge in [-0.2, -0.15) is 0 Å². The van der Waals surface area contributed by atoms with E-state index in [4.69, 9.17) is 4.65 Å². The summed E-state index contributed by atoms with van der Waals surface area (Å²) in [5.74, 6) is 0.780. The lowest BCUT2D eigenvalue weighted by Crippen LogP contribution is -2.27. The molecule has 2 aliphatic heterocycles. The number of hydrogen-bond acceptors (Lipinski definition) is 4. The van der Waals surface area contributed by atoms with E-state index in [2.05, 4.69) is 17.0 Å². The summed E-state index contributed by atoms with van der Waals surface area (Å²) in [6.07, 6.45) is 2.12. The molecule has 1 saturated heterocycles. The van der Waals surface area contributed by atoms with Crippen molar-refractivity contribution in [3.8, 4) is 5.75 Å². The van der Waals surface area contributed by atoms with Crippen LogP contribution in [0.1, 0.15) is 12.0 Å². The Morgan fingerprint density at radius 3 is 3.06 bits per heavy atom. The molecule has 1 atom stereocenters. The van der Waals surface area contributed by atoms with Crippen molar-refractivity contribution in [3.63, 3.8) is 0 Å². The fraction of sp³-hybridized carbons (Fsp3) is 0.500. The third-order valence-electron chi connectivity index (χ3n) is 3.50. The van der Waals surface area contributed by atoms with Crippen molar-refractivity contribution in [2.45, 2.75) is 25.3 Å². The van der Waals surface area contributed by atoms with Gasteiger partial charge in [0.05, 0.1) is 6.10 Å². The van der Waals surface area contributed by atoms with Gasteiger partial charge in [-0.1, -0.05) is 6.07 Å². The summed E-state index contributed by atoms with van der Waals surface area (Å²) in [6.45, 7) is 1.56. The number of β-amino-alcohol motifs (C(OH)–C–C–N with tert-alkyl or cyclic N) is 1. The van der Waals surface area contributed by atoms with Gasteiger partial charge in [-0.3, -0.25) is 0 Å². The second kappa shape index (κ2) is 4.24. The number of hydrogen-bond donors (Lipinski definition) is 2. The first-order chi connectivity index (χ1) is 8.22. The summed E-state index contributed by atoms with van der Waals surface area (Å²) in [5, 5.41) is 19.0. The number of aryl methyl sites for hydroxylation is 1. The highest BCUT2D eigenvalue weighted by atomic mass is 16.5. The molecule has 0 bridgehead atoms. The first kappa shape index (κ1) is 10.9. The maximum atomic E-state index is 9.53. The minimum atomic E-state index is -0.679. The van der Waals surface area contributed by atoms with Gasteiger partial charge in [-0.25, -0.2) is 0 Å². The molecule has 5 heteroatoms. The van der Waals surface area contributed by atoms with Crippen molar-refractivity contribution >= 4 is 12.8 Å². The van der Waals surface area contributed by atoms with E-state index in [1.54, 1.807) is 0 Å². The molecule has 0 aromatic heterocycles. The van der Waals surface area contributed by atoms with E-state index in [0.29, 0.717) is 12.9 Å². The molecule has 0 unspecified atom stereocenters. The zero-order chi connectivity index (χ0) is 11.8. The number of nitrogens with zero attached hydrogens (tertiary/aromatic N) is 1. The van der Waals surface area contributed by atoms with Crippen molar-refractivity contribution in [1.29, 1.82) is 0 Å². The number of benzene rings is 1. The molecule has 2 aliphatic rings. The zero-order valence-corrected chi connectivity index (χ0v) is 9.67. The first-order valence-corrected chi connectivity index (χ1v) is 6.13. The first-order valence-electron chi connectivity index (χ1n) is 6.13. The molecule has 0 aliphatic carbocycles. The second-order valence-electron chi connectivity index (χ2n) is 4.79. The van der Waals surface area contributed by atoms with Crippen LogP contribution in [-0.2, 0) is 6.42 Å². The predicted molar refractivity (Wildman–Crippen MR) is 66.4 cm³/mol. The molecule has 0 saturated carbocycles. The van der Waals surface area contributed by atoms with Gasteiger partial charge in [0.25, 0.3) is 0 Å². The molecule has 90 valence electrons. The number of aliphatic hydroxyl groups is 1. The van der Waals surface area contributed by atoms with Crippen molar-refractivity contribution in [2.75, 3.05) is 18.0 Å². The van der Waals surface area contributed by atoms with Crippen LogP contribution in [0.2, 0.25) is 6.32 Å². The largest absolute Gasteiger partial charge is 0.536 e. The van der Waals surface area contributed by atoms with Crippen LogP contribution < -0.4 is 9.55 Å². The van der Waals surface area contributed by atoms with Crippen molar-refractivity contribution in [3.05, 3.63) is 23.8 Å². The summed E-state index contributed by atoms with van der Waals surface area (Å²) in [5.41, 5.74) is 2.22. The average Bonchev–Trinajstić information content (AvgIpc) is 2.75. The fourth-order valence-corrected chi connectivity index (χ4v) is 2.52. The van der Waals surface area contributed by atoms with Gasteiger partial charge in [0.15, 0.2) is 0 Å². The normalized spacial score (nSPS) is 23.5. The number of aliphatic hydroxyl groups excluding tert-OH is 1.